The van der Waals surface area contributed by atoms with E-state index in [2.05, 4.69) is 20.0 Å². The average molecular weight is 369 g/mol. The molecule has 0 aliphatic carbocycles. The highest BCUT2D eigenvalue weighted by molar-refractivity contribution is 7.17. The average Bonchev–Trinajstić information content (AvgIpc) is 3.15. The van der Waals surface area contributed by atoms with Gasteiger partial charge in [-0.05, 0) is 25.1 Å². The van der Waals surface area contributed by atoms with Gasteiger partial charge in [0.1, 0.15) is 5.69 Å². The molecule has 0 bridgehead atoms. The lowest BCUT2D eigenvalue weighted by atomic mass is 10.2. The lowest BCUT2D eigenvalue weighted by Crippen LogP contribution is -2.10. The van der Waals surface area contributed by atoms with Crippen LogP contribution in [0.25, 0.3) is 10.6 Å². The van der Waals surface area contributed by atoms with Crippen LogP contribution in [-0.4, -0.2) is 21.2 Å². The van der Waals surface area contributed by atoms with Gasteiger partial charge in [-0.2, -0.15) is 13.2 Å². The number of aromatic nitrogens is 2. The summed E-state index contributed by atoms with van der Waals surface area (Å²) in [7, 11) is 0. The molecule has 0 spiro atoms. The number of carbonyl (C=O) groups excluding carboxylic acids is 1. The van der Waals surface area contributed by atoms with Crippen molar-refractivity contribution in [2.24, 2.45) is 0 Å². The normalized spacial score (nSPS) is 11.5. The van der Waals surface area contributed by atoms with Crippen LogP contribution in [0.2, 0.25) is 0 Å². The smallest absolute Gasteiger partial charge is 0.452 e. The van der Waals surface area contributed by atoms with Crippen LogP contribution in [0.5, 0.6) is 5.75 Å². The Bertz CT molecular complexity index is 933. The molecule has 0 radical (unpaired) electrons. The van der Waals surface area contributed by atoms with Crippen LogP contribution in [0.3, 0.4) is 0 Å². The van der Waals surface area contributed by atoms with Crippen molar-refractivity contribution in [3.63, 3.8) is 0 Å². The van der Waals surface area contributed by atoms with Gasteiger partial charge in [0.25, 0.3) is 5.91 Å². The quantitative estimate of drug-likeness (QED) is 0.726. The van der Waals surface area contributed by atoms with Gasteiger partial charge in [-0.25, -0.2) is 0 Å². The summed E-state index contributed by atoms with van der Waals surface area (Å²) in [5.74, 6) is -1.88. The molecule has 3 rings (SSSR count). The van der Waals surface area contributed by atoms with E-state index in [1.54, 1.807) is 0 Å². The molecule has 2 N–H and O–H groups in total. The van der Waals surface area contributed by atoms with Crippen molar-refractivity contribution in [2.75, 3.05) is 5.32 Å². The van der Waals surface area contributed by atoms with E-state index in [1.165, 1.54) is 37.5 Å². The zero-order valence-corrected chi connectivity index (χ0v) is 13.4. The summed E-state index contributed by atoms with van der Waals surface area (Å²) >= 11 is 0.958. The van der Waals surface area contributed by atoms with Gasteiger partial charge in [-0.15, -0.1) is 11.3 Å². The topological polar surface area (TPSA) is 88.2 Å². The van der Waals surface area contributed by atoms with E-state index < -0.39 is 17.8 Å². The Balaban J connectivity index is 1.85. The maximum Gasteiger partial charge on any atom is 0.452 e. The van der Waals surface area contributed by atoms with E-state index >= 15 is 0 Å². The monoisotopic (exact) mass is 369 g/mol. The number of carbonyl (C=O) groups is 1. The molecule has 3 aromatic rings. The predicted octanol–water partition coefficient (Wildman–Crippen LogP) is 4.08. The molecule has 6 nitrogen and oxygen atoms in total. The number of alkyl halides is 3. The summed E-state index contributed by atoms with van der Waals surface area (Å²) in [6.07, 6.45) is -2.06. The van der Waals surface area contributed by atoms with E-state index in [1.807, 2.05) is 0 Å². The Morgan fingerprint density at radius 1 is 1.32 bits per heavy atom. The molecule has 25 heavy (non-hydrogen) atoms. The van der Waals surface area contributed by atoms with Crippen molar-refractivity contribution >= 4 is 22.9 Å². The first-order valence-corrected chi connectivity index (χ1v) is 7.67. The highest BCUT2D eigenvalue weighted by Crippen LogP contribution is 2.38. The third-order valence-electron chi connectivity index (χ3n) is 3.29. The Kier molecular flexibility index (Phi) is 4.21. The van der Waals surface area contributed by atoms with E-state index in [0.717, 1.165) is 11.3 Å². The lowest BCUT2D eigenvalue weighted by Gasteiger charge is -2.04. The molecule has 10 heteroatoms. The second-order valence-electron chi connectivity index (χ2n) is 4.99. The molecule has 0 aliphatic rings. The molecule has 0 fully saturated rings. The van der Waals surface area contributed by atoms with Crippen LogP contribution in [0.1, 0.15) is 21.0 Å². The van der Waals surface area contributed by atoms with Crippen LogP contribution in [0, 0.1) is 6.92 Å². The maximum absolute atomic E-state index is 12.8. The molecule has 0 saturated heterocycles. The number of aromatic hydroxyl groups is 1. The van der Waals surface area contributed by atoms with Crippen molar-refractivity contribution < 1.29 is 27.6 Å². The van der Waals surface area contributed by atoms with E-state index in [9.17, 15) is 23.1 Å². The third-order valence-corrected chi connectivity index (χ3v) is 4.38. The van der Waals surface area contributed by atoms with Gasteiger partial charge in [0, 0.05) is 11.8 Å². The van der Waals surface area contributed by atoms with Crippen molar-refractivity contribution in [1.29, 1.82) is 0 Å². The zero-order chi connectivity index (χ0) is 18.2. The minimum Gasteiger partial charge on any atom is -0.504 e. The summed E-state index contributed by atoms with van der Waals surface area (Å²) in [6, 6.07) is 4.35. The number of nitrogens with zero attached hydrogens (tertiary/aromatic N) is 2. The molecule has 3 aromatic heterocycles. The number of amides is 1. The van der Waals surface area contributed by atoms with E-state index in [4.69, 9.17) is 0 Å². The molecule has 3 heterocycles. The molecule has 1 amide bonds. The van der Waals surface area contributed by atoms with Crippen LogP contribution in [0.15, 0.2) is 35.1 Å². The van der Waals surface area contributed by atoms with Gasteiger partial charge in [0.05, 0.1) is 21.6 Å². The number of anilines is 1. The molecule has 0 aromatic carbocycles. The van der Waals surface area contributed by atoms with Gasteiger partial charge in [-0.3, -0.25) is 9.78 Å². The van der Waals surface area contributed by atoms with Crippen LogP contribution < -0.4 is 5.32 Å². The van der Waals surface area contributed by atoms with Crippen molar-refractivity contribution in [1.82, 2.24) is 10.1 Å². The standard InChI is InChI=1S/C15H10F3N3O3S/c1-7-12(21-24-13(7)15(16,17)18)10-2-3-11(25-10)14(23)20-8-4-5-19-6-9(8)22/h2-6,22H,1H3,(H,19,20,23). The second kappa shape index (κ2) is 6.20. The first-order valence-electron chi connectivity index (χ1n) is 6.85. The Morgan fingerprint density at radius 3 is 2.72 bits per heavy atom. The van der Waals surface area contributed by atoms with Crippen LogP contribution in [0.4, 0.5) is 18.9 Å². The molecule has 0 saturated carbocycles. The molecule has 130 valence electrons. The first-order chi connectivity index (χ1) is 11.8. The Hall–Kier alpha value is -2.88. The first kappa shape index (κ1) is 17.0. The number of nitrogens with one attached hydrogen (secondary N) is 1. The summed E-state index contributed by atoms with van der Waals surface area (Å²) < 4.78 is 42.7. The molecule has 0 unspecified atom stereocenters. The number of thiophene rings is 1. The van der Waals surface area contributed by atoms with Gasteiger partial charge in [0.2, 0.25) is 5.76 Å². The summed E-state index contributed by atoms with van der Waals surface area (Å²) in [5.41, 5.74) is 0.0585. The highest BCUT2D eigenvalue weighted by atomic mass is 32.1. The number of hydrogen-bond acceptors (Lipinski definition) is 6. The largest absolute Gasteiger partial charge is 0.504 e. The Labute approximate surface area is 142 Å². The van der Waals surface area contributed by atoms with Gasteiger partial charge in [-0.1, -0.05) is 5.16 Å². The third kappa shape index (κ3) is 3.33. The number of hydrogen-bond donors (Lipinski definition) is 2. The van der Waals surface area contributed by atoms with E-state index in [-0.39, 0.29) is 27.6 Å². The lowest BCUT2D eigenvalue weighted by molar-refractivity contribution is -0.156. The SMILES string of the molecule is Cc1c(-c2ccc(C(=O)Nc3ccncc3O)s2)noc1C(F)(F)F. The minimum atomic E-state index is -4.63. The second-order valence-corrected chi connectivity index (χ2v) is 6.08. The molecule has 0 atom stereocenters. The maximum atomic E-state index is 12.8. The zero-order valence-electron chi connectivity index (χ0n) is 12.6. The summed E-state index contributed by atoms with van der Waals surface area (Å²) in [4.78, 5) is 16.5. The van der Waals surface area contributed by atoms with Crippen molar-refractivity contribution in [3.8, 4) is 16.3 Å². The number of pyridine rings is 1. The fourth-order valence-electron chi connectivity index (χ4n) is 2.09. The highest BCUT2D eigenvalue weighted by Gasteiger charge is 2.39. The van der Waals surface area contributed by atoms with Gasteiger partial charge < -0.3 is 14.9 Å². The van der Waals surface area contributed by atoms with Gasteiger partial charge in [0.15, 0.2) is 5.75 Å². The summed E-state index contributed by atoms with van der Waals surface area (Å²) in [6.45, 7) is 1.25. The predicted molar refractivity (Wildman–Crippen MR) is 83.4 cm³/mol. The molecular formula is C15H10F3N3O3S. The minimum absolute atomic E-state index is 0.0307. The fourth-order valence-corrected chi connectivity index (χ4v) is 3.03. The van der Waals surface area contributed by atoms with Crippen molar-refractivity contribution in [2.45, 2.75) is 13.1 Å². The molecule has 0 aliphatic heterocycles. The summed E-state index contributed by atoms with van der Waals surface area (Å²) in [5, 5.41) is 15.6. The number of halogens is 3. The molecular weight excluding hydrogens is 359 g/mol. The van der Waals surface area contributed by atoms with E-state index in [0.29, 0.717) is 4.88 Å². The number of rotatable bonds is 3. The van der Waals surface area contributed by atoms with Gasteiger partial charge >= 0.3 is 6.18 Å². The Morgan fingerprint density at radius 2 is 2.08 bits per heavy atom. The van der Waals surface area contributed by atoms with Crippen molar-refractivity contribution in [3.05, 3.63) is 46.8 Å². The van der Waals surface area contributed by atoms with Crippen LogP contribution >= 0.6 is 11.3 Å². The van der Waals surface area contributed by atoms with Crippen LogP contribution in [-0.2, 0) is 6.18 Å². The fraction of sp³-hybridized carbons (Fsp3) is 0.133.